The van der Waals surface area contributed by atoms with E-state index >= 15 is 9.59 Å². The highest BCUT2D eigenvalue weighted by Crippen LogP contribution is 2.45. The van der Waals surface area contributed by atoms with E-state index in [-0.39, 0.29) is 82.8 Å². The first kappa shape index (κ1) is 52.8. The van der Waals surface area contributed by atoms with Crippen molar-refractivity contribution in [3.63, 3.8) is 0 Å². The lowest BCUT2D eigenvalue weighted by atomic mass is 10.0. The zero-order chi connectivity index (χ0) is 45.3. The molecule has 0 aliphatic carbocycles. The van der Waals surface area contributed by atoms with Gasteiger partial charge in [-0.25, -0.2) is 9.59 Å². The SMILES string of the molecule is CC(=O)Nc1c(I)c(C(=O)N(CC(N)=O)c2c(I)c(NC(C)=O)c(I)c(C(=O)O)c2I)c(I)c(C(=O)N(CC(N)=O)c2c(I)c(NC(C)=O)c(I)c(C(=O)O)c2I)c1I. The average molecular weight is 1820 g/mol. The number of carboxylic acid groups (broad SMARTS) is 2. The van der Waals surface area contributed by atoms with Gasteiger partial charge in [0.05, 0.1) is 79.3 Å². The molecule has 0 aromatic heterocycles. The molecule has 0 aliphatic rings. The molecule has 0 radical (unpaired) electrons. The topological polar surface area (TPSA) is 289 Å². The number of nitrogens with zero attached hydrogens (tertiary/aromatic N) is 2. The maximum atomic E-state index is 15.1. The minimum atomic E-state index is -1.42. The molecule has 18 nitrogen and oxygen atoms in total. The summed E-state index contributed by atoms with van der Waals surface area (Å²) in [4.78, 5) is 120. The lowest BCUT2D eigenvalue weighted by Gasteiger charge is -2.30. The number of carbonyl (C=O) groups is 9. The predicted molar refractivity (Wildman–Crippen MR) is 292 cm³/mol. The van der Waals surface area contributed by atoms with E-state index in [1.807, 2.05) is 0 Å². The van der Waals surface area contributed by atoms with Crippen molar-refractivity contribution in [1.29, 1.82) is 0 Å². The monoisotopic (exact) mass is 1820 g/mol. The van der Waals surface area contributed by atoms with Crippen LogP contribution in [-0.4, -0.2) is 76.6 Å². The molecule has 3 aromatic rings. The summed E-state index contributed by atoms with van der Waals surface area (Å²) in [5.41, 5.74) is 9.93. The third-order valence-electron chi connectivity index (χ3n) is 7.32. The molecule has 0 spiro atoms. The zero-order valence-corrected chi connectivity index (χ0v) is 48.9. The van der Waals surface area contributed by atoms with Gasteiger partial charge in [0, 0.05) is 24.3 Å². The molecule has 0 saturated heterocycles. The summed E-state index contributed by atoms with van der Waals surface area (Å²) in [6.45, 7) is 1.89. The Morgan fingerprint density at radius 3 is 0.932 bits per heavy atom. The Hall–Kier alpha value is -0.540. The van der Waals surface area contributed by atoms with Gasteiger partial charge in [-0.1, -0.05) is 0 Å². The Labute approximate surface area is 456 Å². The Balaban J connectivity index is 2.61. The number of halogens is 9. The highest BCUT2D eigenvalue weighted by molar-refractivity contribution is 14.1. The molecule has 7 amide bonds. The molecule has 0 unspecified atom stereocenters. The summed E-state index contributed by atoms with van der Waals surface area (Å²) < 4.78 is 0.574. The first-order chi connectivity index (χ1) is 27.2. The number of carboxylic acids is 2. The van der Waals surface area contributed by atoms with Gasteiger partial charge in [0.25, 0.3) is 11.8 Å². The van der Waals surface area contributed by atoms with Crippen LogP contribution in [0.2, 0.25) is 0 Å². The van der Waals surface area contributed by atoms with Crippen LogP contribution in [0.25, 0.3) is 0 Å². The number of carbonyl (C=O) groups excluding carboxylic acids is 7. The van der Waals surface area contributed by atoms with Crippen molar-refractivity contribution in [3.05, 3.63) is 54.4 Å². The van der Waals surface area contributed by atoms with E-state index in [0.717, 1.165) is 9.80 Å². The third kappa shape index (κ3) is 11.6. The Morgan fingerprint density at radius 1 is 0.441 bits per heavy atom. The molecular weight excluding hydrogens is 1800 g/mol. The highest BCUT2D eigenvalue weighted by atomic mass is 127. The molecule has 0 bridgehead atoms. The van der Waals surface area contributed by atoms with E-state index in [2.05, 4.69) is 16.0 Å². The Kier molecular flexibility index (Phi) is 19.6. The van der Waals surface area contributed by atoms with Crippen LogP contribution in [0.4, 0.5) is 28.4 Å². The number of aromatic carboxylic acids is 2. The molecule has 59 heavy (non-hydrogen) atoms. The summed E-state index contributed by atoms with van der Waals surface area (Å²) in [5.74, 6) is -8.67. The fourth-order valence-electron chi connectivity index (χ4n) is 5.13. The minimum absolute atomic E-state index is 0.0128. The highest BCUT2D eigenvalue weighted by Gasteiger charge is 2.38. The van der Waals surface area contributed by atoms with Crippen LogP contribution in [0.15, 0.2) is 0 Å². The molecular formula is C32H22I9N7O11. The van der Waals surface area contributed by atoms with E-state index in [1.54, 1.807) is 203 Å². The van der Waals surface area contributed by atoms with E-state index in [9.17, 15) is 43.8 Å². The van der Waals surface area contributed by atoms with Gasteiger partial charge in [0.1, 0.15) is 13.1 Å². The van der Waals surface area contributed by atoms with E-state index < -0.39 is 66.4 Å². The molecule has 27 heteroatoms. The first-order valence-corrected chi connectivity index (χ1v) is 25.0. The second-order valence-corrected chi connectivity index (χ2v) is 21.2. The van der Waals surface area contributed by atoms with Crippen molar-refractivity contribution >= 4 is 285 Å². The smallest absolute Gasteiger partial charge is 0.338 e. The summed E-state index contributed by atoms with van der Waals surface area (Å²) >= 11 is 15.7. The van der Waals surface area contributed by atoms with Crippen molar-refractivity contribution in [2.75, 3.05) is 38.8 Å². The number of hydrogen-bond donors (Lipinski definition) is 7. The van der Waals surface area contributed by atoms with Crippen molar-refractivity contribution in [1.82, 2.24) is 0 Å². The fraction of sp³-hybridized carbons (Fsp3) is 0.156. The maximum Gasteiger partial charge on any atom is 0.338 e. The molecule has 0 fully saturated rings. The van der Waals surface area contributed by atoms with Crippen LogP contribution in [-0.2, 0) is 24.0 Å². The van der Waals surface area contributed by atoms with E-state index in [1.165, 1.54) is 20.8 Å². The number of rotatable bonds is 13. The molecule has 0 heterocycles. The van der Waals surface area contributed by atoms with Gasteiger partial charge in [0.2, 0.25) is 29.5 Å². The first-order valence-electron chi connectivity index (χ1n) is 15.3. The van der Waals surface area contributed by atoms with Crippen LogP contribution < -0.4 is 37.2 Å². The van der Waals surface area contributed by atoms with E-state index in [0.29, 0.717) is 0 Å². The van der Waals surface area contributed by atoms with Gasteiger partial charge < -0.3 is 37.6 Å². The van der Waals surface area contributed by atoms with Crippen LogP contribution in [0.3, 0.4) is 0 Å². The molecule has 0 saturated carbocycles. The van der Waals surface area contributed by atoms with Crippen molar-refractivity contribution in [3.8, 4) is 0 Å². The molecule has 314 valence electrons. The maximum absolute atomic E-state index is 15.1. The number of hydrogen-bond acceptors (Lipinski definition) is 9. The largest absolute Gasteiger partial charge is 0.478 e. The summed E-state index contributed by atoms with van der Waals surface area (Å²) in [6, 6.07) is 0. The second kappa shape index (κ2) is 21.9. The van der Waals surface area contributed by atoms with Crippen LogP contribution in [0.1, 0.15) is 62.2 Å². The lowest BCUT2D eigenvalue weighted by molar-refractivity contribution is -0.117. The van der Waals surface area contributed by atoms with Crippen LogP contribution in [0.5, 0.6) is 0 Å². The van der Waals surface area contributed by atoms with Crippen molar-refractivity contribution < 1.29 is 53.4 Å². The quantitative estimate of drug-likeness (QED) is 0.0888. The number of primary amides is 2. The normalized spacial score (nSPS) is 10.7. The lowest BCUT2D eigenvalue weighted by Crippen LogP contribution is -2.42. The molecule has 0 aliphatic heterocycles. The van der Waals surface area contributed by atoms with Crippen molar-refractivity contribution in [2.45, 2.75) is 20.8 Å². The average Bonchev–Trinajstić information content (AvgIpc) is 3.08. The van der Waals surface area contributed by atoms with Gasteiger partial charge in [-0.15, -0.1) is 0 Å². The molecule has 3 aromatic carbocycles. The minimum Gasteiger partial charge on any atom is -0.478 e. The summed E-state index contributed by atoms with van der Waals surface area (Å²) in [6.07, 6.45) is 0. The Bertz CT molecular complexity index is 2290. The predicted octanol–water partition coefficient (Wildman–Crippen LogP) is 6.66. The van der Waals surface area contributed by atoms with Crippen molar-refractivity contribution in [2.24, 2.45) is 11.5 Å². The van der Waals surface area contributed by atoms with Crippen LogP contribution >= 0.6 is 203 Å². The number of nitrogens with one attached hydrogen (secondary N) is 3. The van der Waals surface area contributed by atoms with Gasteiger partial charge in [0.15, 0.2) is 0 Å². The summed E-state index contributed by atoms with van der Waals surface area (Å²) in [7, 11) is 0. The third-order valence-corrected chi connectivity index (χ3v) is 16.9. The number of anilines is 5. The number of nitrogens with two attached hydrogens (primary N) is 2. The van der Waals surface area contributed by atoms with Crippen LogP contribution in [0, 0.1) is 32.1 Å². The van der Waals surface area contributed by atoms with E-state index in [4.69, 9.17) is 11.5 Å². The molecule has 9 N–H and O–H groups in total. The molecule has 0 atom stereocenters. The summed E-state index contributed by atoms with van der Waals surface area (Å²) in [5, 5.41) is 28.3. The second-order valence-electron chi connectivity index (χ2n) is 11.5. The standard InChI is InChI=1S/C32H22I9N7O11/c1-6(49)44-24-16(34)11(29(54)47(4-9(42)52)27-20(38)13(31(56)57)18(36)25(22(27)40)45-7(2)50)15(33)12(17(24)35)30(55)48(5-10(43)53)28-21(39)14(32(58)59)19(37)26(23(28)41)46-8(3)51/h4-5H2,1-3H3,(H2,42,52)(H2,43,53)(H,44,49)(H,45,50)(H,46,51)(H,56,57)(H,58,59). The number of amides is 7. The fourth-order valence-corrected chi connectivity index (χ4v) is 18.5. The van der Waals surface area contributed by atoms with Gasteiger partial charge in [-0.05, 0) is 203 Å². The Morgan fingerprint density at radius 2 is 0.695 bits per heavy atom. The zero-order valence-electron chi connectivity index (χ0n) is 29.4. The van der Waals surface area contributed by atoms with Gasteiger partial charge in [-0.2, -0.15) is 0 Å². The number of benzene rings is 3. The van der Waals surface area contributed by atoms with Gasteiger partial charge in [-0.3, -0.25) is 43.4 Å². The molecule has 3 rings (SSSR count). The van der Waals surface area contributed by atoms with Gasteiger partial charge >= 0.3 is 11.9 Å².